The Morgan fingerprint density at radius 2 is 1.87 bits per heavy atom. The summed E-state index contributed by atoms with van der Waals surface area (Å²) in [6.07, 6.45) is 7.27. The Bertz CT molecular complexity index is 1090. The molecule has 0 unspecified atom stereocenters. The number of rotatable bonds is 5. The van der Waals surface area contributed by atoms with Gasteiger partial charge in [0.15, 0.2) is 0 Å². The Balaban J connectivity index is 1.56. The van der Waals surface area contributed by atoms with Crippen LogP contribution in [0.5, 0.6) is 0 Å². The second-order valence-electron chi connectivity index (χ2n) is 7.62. The van der Waals surface area contributed by atoms with E-state index in [1.54, 1.807) is 13.3 Å². The van der Waals surface area contributed by atoms with Crippen molar-refractivity contribution >= 4 is 18.2 Å². The number of hydrogen-bond acceptors (Lipinski definition) is 5. The molecule has 1 aliphatic carbocycles. The summed E-state index contributed by atoms with van der Waals surface area (Å²) < 4.78 is 6.90. The minimum Gasteiger partial charge on any atom is -0.378 e. The minimum atomic E-state index is -0.349. The number of morpholine rings is 1. The third-order valence-electron chi connectivity index (χ3n) is 5.47. The summed E-state index contributed by atoms with van der Waals surface area (Å²) in [5, 5.41) is 4.21. The van der Waals surface area contributed by atoms with Crippen LogP contribution < -0.4 is 11.0 Å². The minimum absolute atomic E-state index is 0.163. The van der Waals surface area contributed by atoms with Crippen molar-refractivity contribution in [3.8, 4) is 0 Å². The monoisotopic (exact) mass is 418 g/mol. The SMILES string of the molecule is Cn1cc(C(=O)N/N=C/C2=C(N3CCOCC3)C(=C/c3ccccc3)/CC2)ccc1=O. The number of hydrogen-bond donors (Lipinski definition) is 1. The molecular weight excluding hydrogens is 392 g/mol. The van der Waals surface area contributed by atoms with E-state index in [2.05, 4.69) is 33.6 Å². The van der Waals surface area contributed by atoms with Gasteiger partial charge in [-0.15, -0.1) is 0 Å². The van der Waals surface area contributed by atoms with Crippen LogP contribution in [0.25, 0.3) is 6.08 Å². The molecule has 0 radical (unpaired) electrons. The first kappa shape index (κ1) is 20.8. The molecule has 0 bridgehead atoms. The van der Waals surface area contributed by atoms with Crippen molar-refractivity contribution in [1.29, 1.82) is 0 Å². The van der Waals surface area contributed by atoms with E-state index in [0.717, 1.165) is 31.5 Å². The van der Waals surface area contributed by atoms with Crippen molar-refractivity contribution in [2.75, 3.05) is 26.3 Å². The first-order valence-corrected chi connectivity index (χ1v) is 10.4. The van der Waals surface area contributed by atoms with Gasteiger partial charge in [0, 0.05) is 38.1 Å². The lowest BCUT2D eigenvalue weighted by Gasteiger charge is -2.31. The van der Waals surface area contributed by atoms with E-state index in [-0.39, 0.29) is 11.5 Å². The van der Waals surface area contributed by atoms with Gasteiger partial charge >= 0.3 is 0 Å². The third-order valence-corrected chi connectivity index (χ3v) is 5.47. The summed E-state index contributed by atoms with van der Waals surface area (Å²) >= 11 is 0. The largest absolute Gasteiger partial charge is 0.378 e. The van der Waals surface area contributed by atoms with E-state index in [1.807, 2.05) is 18.2 Å². The quantitative estimate of drug-likeness (QED) is 0.598. The number of pyridine rings is 1. The summed E-state index contributed by atoms with van der Waals surface area (Å²) in [4.78, 5) is 26.2. The molecule has 1 N–H and O–H groups in total. The smallest absolute Gasteiger partial charge is 0.272 e. The summed E-state index contributed by atoms with van der Waals surface area (Å²) in [7, 11) is 1.61. The van der Waals surface area contributed by atoms with E-state index in [9.17, 15) is 9.59 Å². The van der Waals surface area contributed by atoms with Crippen LogP contribution in [0.2, 0.25) is 0 Å². The van der Waals surface area contributed by atoms with Crippen LogP contribution in [0.15, 0.2) is 75.4 Å². The first-order chi connectivity index (χ1) is 15.1. The summed E-state index contributed by atoms with van der Waals surface area (Å²) in [5.41, 5.74) is 7.54. The topological polar surface area (TPSA) is 75.9 Å². The molecule has 31 heavy (non-hydrogen) atoms. The van der Waals surface area contributed by atoms with Gasteiger partial charge < -0.3 is 14.2 Å². The van der Waals surface area contributed by atoms with Gasteiger partial charge in [0.05, 0.1) is 25.0 Å². The molecule has 1 saturated heterocycles. The van der Waals surface area contributed by atoms with Crippen molar-refractivity contribution in [3.05, 3.63) is 87.0 Å². The van der Waals surface area contributed by atoms with E-state index in [0.29, 0.717) is 18.8 Å². The van der Waals surface area contributed by atoms with Crippen LogP contribution in [0, 0.1) is 0 Å². The van der Waals surface area contributed by atoms with Crippen molar-refractivity contribution in [2.24, 2.45) is 12.1 Å². The zero-order valence-corrected chi connectivity index (χ0v) is 17.6. The number of nitrogens with one attached hydrogen (secondary N) is 1. The molecule has 0 spiro atoms. The molecule has 7 nitrogen and oxygen atoms in total. The van der Waals surface area contributed by atoms with Gasteiger partial charge in [-0.1, -0.05) is 30.3 Å². The van der Waals surface area contributed by atoms with E-state index >= 15 is 0 Å². The molecular formula is C24H26N4O3. The standard InChI is InChI=1S/C24H26N4O3/c1-27-17-21(9-10-22(27)29)24(30)26-25-16-20-8-7-19(15-18-5-3-2-4-6-18)23(20)28-11-13-31-14-12-28/h2-6,9-10,15-17H,7-8,11-14H2,1H3,(H,26,30)/b19-15+,25-16+. The number of aromatic nitrogens is 1. The Morgan fingerprint density at radius 1 is 1.10 bits per heavy atom. The zero-order chi connectivity index (χ0) is 21.6. The van der Waals surface area contributed by atoms with Crippen LogP contribution in [-0.4, -0.2) is 47.9 Å². The lowest BCUT2D eigenvalue weighted by atomic mass is 10.1. The van der Waals surface area contributed by atoms with Gasteiger partial charge in [0.25, 0.3) is 5.91 Å². The number of allylic oxidation sites excluding steroid dienone is 2. The molecule has 1 aromatic heterocycles. The van der Waals surface area contributed by atoms with Crippen molar-refractivity contribution in [2.45, 2.75) is 12.8 Å². The molecule has 4 rings (SSSR count). The highest BCUT2D eigenvalue weighted by Gasteiger charge is 2.25. The average Bonchev–Trinajstić information content (AvgIpc) is 3.19. The molecule has 2 heterocycles. The maximum absolute atomic E-state index is 12.4. The fraction of sp³-hybridized carbons (Fsp3) is 0.292. The van der Waals surface area contributed by atoms with Crippen LogP contribution in [0.1, 0.15) is 28.8 Å². The highest BCUT2D eigenvalue weighted by Crippen LogP contribution is 2.34. The Morgan fingerprint density at radius 3 is 2.61 bits per heavy atom. The van der Waals surface area contributed by atoms with Gasteiger partial charge in [-0.05, 0) is 41.7 Å². The lowest BCUT2D eigenvalue weighted by Crippen LogP contribution is -2.36. The normalized spacial score (nSPS) is 18.2. The molecule has 0 saturated carbocycles. The third kappa shape index (κ3) is 5.00. The summed E-state index contributed by atoms with van der Waals surface area (Å²) in [5.74, 6) is -0.349. The second kappa shape index (κ2) is 9.57. The van der Waals surface area contributed by atoms with E-state index in [4.69, 9.17) is 4.74 Å². The molecule has 1 aliphatic heterocycles. The summed E-state index contributed by atoms with van der Waals surface area (Å²) in [6.45, 7) is 3.08. The van der Waals surface area contributed by atoms with Gasteiger partial charge in [0.1, 0.15) is 0 Å². The summed E-state index contributed by atoms with van der Waals surface area (Å²) in [6, 6.07) is 13.2. The van der Waals surface area contributed by atoms with E-state index in [1.165, 1.54) is 39.7 Å². The Hall–Kier alpha value is -3.45. The van der Waals surface area contributed by atoms with Crippen molar-refractivity contribution < 1.29 is 9.53 Å². The highest BCUT2D eigenvalue weighted by molar-refractivity contribution is 5.94. The zero-order valence-electron chi connectivity index (χ0n) is 17.6. The van der Waals surface area contributed by atoms with Crippen LogP contribution in [0.4, 0.5) is 0 Å². The van der Waals surface area contributed by atoms with Gasteiger partial charge in [-0.2, -0.15) is 5.10 Å². The van der Waals surface area contributed by atoms with Crippen molar-refractivity contribution in [1.82, 2.24) is 14.9 Å². The number of carbonyl (C=O) groups excluding carboxylic acids is 1. The fourth-order valence-corrected chi connectivity index (χ4v) is 3.88. The van der Waals surface area contributed by atoms with Crippen LogP contribution in [-0.2, 0) is 11.8 Å². The molecule has 2 aromatic rings. The van der Waals surface area contributed by atoms with Crippen molar-refractivity contribution in [3.63, 3.8) is 0 Å². The highest BCUT2D eigenvalue weighted by atomic mass is 16.5. The predicted octanol–water partition coefficient (Wildman–Crippen LogP) is 2.56. The van der Waals surface area contributed by atoms with Gasteiger partial charge in [-0.3, -0.25) is 9.59 Å². The number of ether oxygens (including phenoxy) is 1. The number of hydrazone groups is 1. The molecule has 160 valence electrons. The molecule has 2 aliphatic rings. The molecule has 1 fully saturated rings. The predicted molar refractivity (Wildman–Crippen MR) is 121 cm³/mol. The van der Waals surface area contributed by atoms with E-state index < -0.39 is 0 Å². The fourth-order valence-electron chi connectivity index (χ4n) is 3.88. The molecule has 1 amide bonds. The average molecular weight is 418 g/mol. The maximum Gasteiger partial charge on any atom is 0.272 e. The maximum atomic E-state index is 12.4. The molecule has 0 atom stereocenters. The lowest BCUT2D eigenvalue weighted by molar-refractivity contribution is 0.0548. The number of benzene rings is 1. The Kier molecular flexibility index (Phi) is 6.43. The second-order valence-corrected chi connectivity index (χ2v) is 7.62. The molecule has 7 heteroatoms. The number of nitrogens with zero attached hydrogens (tertiary/aromatic N) is 3. The van der Waals surface area contributed by atoms with Gasteiger partial charge in [0.2, 0.25) is 5.56 Å². The number of carbonyl (C=O) groups is 1. The molecule has 1 aromatic carbocycles. The number of aryl methyl sites for hydroxylation is 1. The van der Waals surface area contributed by atoms with Crippen LogP contribution in [0.3, 0.4) is 0 Å². The number of amides is 1. The van der Waals surface area contributed by atoms with Gasteiger partial charge in [-0.25, -0.2) is 5.43 Å². The van der Waals surface area contributed by atoms with Crippen LogP contribution >= 0.6 is 0 Å². The Labute approximate surface area is 181 Å². The first-order valence-electron chi connectivity index (χ1n) is 10.4.